The van der Waals surface area contributed by atoms with Crippen molar-refractivity contribution >= 4 is 38.1 Å². The van der Waals surface area contributed by atoms with Crippen molar-refractivity contribution in [2.75, 3.05) is 5.75 Å². The van der Waals surface area contributed by atoms with Gasteiger partial charge in [-0.05, 0) is 38.5 Å². The number of para-hydroxylation sites is 1. The molecule has 0 N–H and O–H groups in total. The molecule has 0 aliphatic rings. The van der Waals surface area contributed by atoms with E-state index in [1.807, 2.05) is 49.4 Å². The summed E-state index contributed by atoms with van der Waals surface area (Å²) in [4.78, 5) is 15.5. The lowest BCUT2D eigenvalue weighted by molar-refractivity contribution is -0.113. The zero-order valence-electron chi connectivity index (χ0n) is 13.4. The minimum atomic E-state index is -1.13. The number of ketones is 1. The average Bonchev–Trinajstić information content (AvgIpc) is 2.96. The Labute approximate surface area is 142 Å². The molecule has 120 valence electrons. The molecule has 1 heterocycles. The highest BCUT2D eigenvalue weighted by atomic mass is 32.2. The van der Waals surface area contributed by atoms with Gasteiger partial charge in [-0.1, -0.05) is 42.0 Å². The van der Waals surface area contributed by atoms with E-state index in [1.165, 1.54) is 11.3 Å². The zero-order valence-corrected chi connectivity index (χ0v) is 15.0. The molecule has 0 aliphatic carbocycles. The number of aromatic nitrogens is 1. The second kappa shape index (κ2) is 8.13. The lowest BCUT2D eigenvalue weighted by Crippen LogP contribution is -1.94. The van der Waals surface area contributed by atoms with E-state index in [1.54, 1.807) is 19.9 Å². The fourth-order valence-corrected chi connectivity index (χ4v) is 4.06. The van der Waals surface area contributed by atoms with Crippen molar-refractivity contribution in [1.82, 2.24) is 4.98 Å². The molecule has 2 aromatic rings. The van der Waals surface area contributed by atoms with Crippen molar-refractivity contribution < 1.29 is 9.00 Å². The number of hydrogen-bond acceptors (Lipinski definition) is 4. The van der Waals surface area contributed by atoms with Crippen LogP contribution in [0.25, 0.3) is 10.2 Å². The fraction of sp³-hybridized carbons (Fsp3) is 0.222. The van der Waals surface area contributed by atoms with Gasteiger partial charge in [0.2, 0.25) is 0 Å². The molecule has 0 bridgehead atoms. The Morgan fingerprint density at radius 3 is 2.70 bits per heavy atom. The Kier molecular flexibility index (Phi) is 6.19. The number of benzene rings is 1. The van der Waals surface area contributed by atoms with Crippen LogP contribution in [0.15, 0.2) is 64.1 Å². The number of hydrogen-bond donors (Lipinski definition) is 0. The van der Waals surface area contributed by atoms with Gasteiger partial charge in [0.1, 0.15) is 0 Å². The predicted molar refractivity (Wildman–Crippen MR) is 98.2 cm³/mol. The Morgan fingerprint density at radius 2 is 2.00 bits per heavy atom. The first-order valence-corrected chi connectivity index (χ1v) is 9.37. The highest BCUT2D eigenvalue weighted by Crippen LogP contribution is 2.24. The third-order valence-corrected chi connectivity index (χ3v) is 5.88. The summed E-state index contributed by atoms with van der Waals surface area (Å²) in [6.07, 6.45) is 7.45. The third kappa shape index (κ3) is 5.08. The minimum Gasteiger partial charge on any atom is -0.295 e. The van der Waals surface area contributed by atoms with Crippen LogP contribution in [0.5, 0.6) is 0 Å². The molecule has 5 heteroatoms. The van der Waals surface area contributed by atoms with Gasteiger partial charge in [0.05, 0.1) is 21.0 Å². The number of rotatable bonds is 6. The Balaban J connectivity index is 2.01. The van der Waals surface area contributed by atoms with Crippen molar-refractivity contribution in [2.24, 2.45) is 0 Å². The molecule has 23 heavy (non-hydrogen) atoms. The van der Waals surface area contributed by atoms with E-state index in [0.717, 1.165) is 15.8 Å². The highest BCUT2D eigenvalue weighted by Gasteiger charge is 2.09. The highest BCUT2D eigenvalue weighted by molar-refractivity contribution is 7.87. The van der Waals surface area contributed by atoms with E-state index in [4.69, 9.17) is 0 Å². The molecule has 3 nitrogen and oxygen atoms in total. The summed E-state index contributed by atoms with van der Waals surface area (Å²) in [5.41, 5.74) is 2.62. The minimum absolute atomic E-state index is 0.0632. The number of Topliss-reactive ketones (excluding diaryl/α,β-unsaturated/α-hetero) is 1. The zero-order chi connectivity index (χ0) is 16.8. The van der Waals surface area contributed by atoms with Gasteiger partial charge in [0.15, 0.2) is 10.1 Å². The normalized spacial score (nSPS) is 14.6. The molecular weight excluding hydrogens is 326 g/mol. The van der Waals surface area contributed by atoms with Crippen LogP contribution in [0.2, 0.25) is 0 Å². The third-order valence-electron chi connectivity index (χ3n) is 3.29. The summed E-state index contributed by atoms with van der Waals surface area (Å²) in [6, 6.07) is 7.81. The van der Waals surface area contributed by atoms with Crippen LogP contribution in [0, 0.1) is 0 Å². The van der Waals surface area contributed by atoms with Crippen LogP contribution in [-0.2, 0) is 15.6 Å². The van der Waals surface area contributed by atoms with Crippen LogP contribution >= 0.6 is 11.3 Å². The van der Waals surface area contributed by atoms with E-state index in [9.17, 15) is 9.00 Å². The standard InChI is InChI=1S/C18H19NO2S2/c1-13(7-6-8-14(2)15(3)20)11-12-23(21)18-19-16-9-4-5-10-17(16)22-18/h4-11H,12H2,1-3H3/b7-6+,13-11+,14-8+. The van der Waals surface area contributed by atoms with Crippen LogP contribution in [0.3, 0.4) is 0 Å². The van der Waals surface area contributed by atoms with Crippen molar-refractivity contribution in [1.29, 1.82) is 0 Å². The first kappa shape index (κ1) is 17.5. The molecule has 0 saturated heterocycles. The van der Waals surface area contributed by atoms with Gasteiger partial charge >= 0.3 is 0 Å². The summed E-state index contributed by atoms with van der Waals surface area (Å²) in [6.45, 7) is 5.28. The van der Waals surface area contributed by atoms with Crippen molar-refractivity contribution in [3.8, 4) is 0 Å². The SMILES string of the molecule is CC(=O)/C(C)=C/C=C/C(C)=C/CS(=O)c1nc2ccccc2s1. The van der Waals surface area contributed by atoms with Gasteiger partial charge < -0.3 is 0 Å². The number of nitrogens with zero attached hydrogens (tertiary/aromatic N) is 1. The van der Waals surface area contributed by atoms with Crippen molar-refractivity contribution in [3.05, 3.63) is 59.7 Å². The van der Waals surface area contributed by atoms with Gasteiger partial charge in [0.25, 0.3) is 0 Å². The van der Waals surface area contributed by atoms with Gasteiger partial charge in [-0.2, -0.15) is 0 Å². The summed E-state index contributed by atoms with van der Waals surface area (Å²) < 4.78 is 14.0. The van der Waals surface area contributed by atoms with Crippen LogP contribution < -0.4 is 0 Å². The van der Waals surface area contributed by atoms with Crippen LogP contribution in [0.4, 0.5) is 0 Å². The summed E-state index contributed by atoms with van der Waals surface area (Å²) in [7, 11) is -1.13. The molecule has 0 amide bonds. The Morgan fingerprint density at radius 1 is 1.26 bits per heavy atom. The predicted octanol–water partition coefficient (Wildman–Crippen LogP) is 4.44. The molecule has 0 radical (unpaired) electrons. The Bertz CT molecular complexity index is 795. The smallest absolute Gasteiger partial charge is 0.182 e. The van der Waals surface area contributed by atoms with Crippen LogP contribution in [0.1, 0.15) is 20.8 Å². The number of carbonyl (C=O) groups excluding carboxylic acids is 1. The number of fused-ring (bicyclic) bond motifs is 1. The van der Waals surface area contributed by atoms with E-state index in [-0.39, 0.29) is 5.78 Å². The van der Waals surface area contributed by atoms with Gasteiger partial charge in [0, 0.05) is 5.75 Å². The summed E-state index contributed by atoms with van der Waals surface area (Å²) in [5, 5.41) is 0. The van der Waals surface area contributed by atoms with Crippen molar-refractivity contribution in [2.45, 2.75) is 25.1 Å². The average molecular weight is 345 g/mol. The molecule has 1 aromatic carbocycles. The van der Waals surface area contributed by atoms with Crippen molar-refractivity contribution in [3.63, 3.8) is 0 Å². The van der Waals surface area contributed by atoms with E-state index in [2.05, 4.69) is 4.98 Å². The lowest BCUT2D eigenvalue weighted by Gasteiger charge is -1.94. The first-order valence-electron chi connectivity index (χ1n) is 7.24. The largest absolute Gasteiger partial charge is 0.295 e. The summed E-state index contributed by atoms with van der Waals surface area (Å²) in [5.74, 6) is 0.499. The number of allylic oxidation sites excluding steroid dienone is 5. The Hall–Kier alpha value is -1.85. The van der Waals surface area contributed by atoms with E-state index < -0.39 is 10.8 Å². The fourth-order valence-electron chi connectivity index (χ4n) is 1.76. The molecule has 0 spiro atoms. The maximum atomic E-state index is 12.3. The van der Waals surface area contributed by atoms with Gasteiger partial charge in [-0.25, -0.2) is 4.98 Å². The van der Waals surface area contributed by atoms with Gasteiger partial charge in [-0.15, -0.1) is 11.3 Å². The first-order chi connectivity index (χ1) is 11.0. The number of thiazole rings is 1. The molecule has 1 atom stereocenters. The second-order valence-electron chi connectivity index (χ2n) is 5.17. The molecule has 2 rings (SSSR count). The topological polar surface area (TPSA) is 47.0 Å². The maximum Gasteiger partial charge on any atom is 0.182 e. The molecule has 0 saturated carbocycles. The monoisotopic (exact) mass is 345 g/mol. The van der Waals surface area contributed by atoms with Gasteiger partial charge in [-0.3, -0.25) is 9.00 Å². The molecule has 1 unspecified atom stereocenters. The van der Waals surface area contributed by atoms with E-state index in [0.29, 0.717) is 15.7 Å². The molecule has 0 aliphatic heterocycles. The lowest BCUT2D eigenvalue weighted by atomic mass is 10.2. The maximum absolute atomic E-state index is 12.3. The molecule has 1 aromatic heterocycles. The summed E-state index contributed by atoms with van der Waals surface area (Å²) >= 11 is 1.48. The van der Waals surface area contributed by atoms with E-state index >= 15 is 0 Å². The second-order valence-corrected chi connectivity index (χ2v) is 7.87. The van der Waals surface area contributed by atoms with Crippen LogP contribution in [-0.4, -0.2) is 20.7 Å². The molecule has 0 fully saturated rings. The number of carbonyl (C=O) groups is 1. The molecular formula is C18H19NO2S2. The quantitative estimate of drug-likeness (QED) is 0.574.